The number of carbonyl (C=O) groups is 1. The number of aromatic nitrogens is 2. The van der Waals surface area contributed by atoms with Gasteiger partial charge in [-0.2, -0.15) is 5.10 Å². The molecule has 2 saturated heterocycles. The Kier molecular flexibility index (Phi) is 6.56. The Morgan fingerprint density at radius 2 is 2.03 bits per heavy atom. The zero-order chi connectivity index (χ0) is 20.1. The fourth-order valence-corrected chi connectivity index (χ4v) is 4.33. The Hall–Kier alpha value is -2.25. The van der Waals surface area contributed by atoms with E-state index >= 15 is 0 Å². The molecule has 0 bridgehead atoms. The number of ether oxygens (including phenoxy) is 1. The zero-order valence-corrected chi connectivity index (χ0v) is 16.7. The molecule has 1 atom stereocenters. The van der Waals surface area contributed by atoms with E-state index in [1.807, 2.05) is 17.0 Å². The molecule has 2 fully saturated rings. The lowest BCUT2D eigenvalue weighted by atomic mass is 9.95. The van der Waals surface area contributed by atoms with Crippen molar-refractivity contribution in [1.29, 1.82) is 0 Å². The first-order valence-corrected chi connectivity index (χ1v) is 10.5. The van der Waals surface area contributed by atoms with E-state index in [1.165, 1.54) is 6.07 Å². The third-order valence-electron chi connectivity index (χ3n) is 6.00. The van der Waals surface area contributed by atoms with Crippen LogP contribution in [0.3, 0.4) is 0 Å². The van der Waals surface area contributed by atoms with Crippen LogP contribution >= 0.6 is 0 Å². The van der Waals surface area contributed by atoms with Crippen LogP contribution in [0.5, 0.6) is 0 Å². The van der Waals surface area contributed by atoms with E-state index in [0.29, 0.717) is 24.7 Å². The summed E-state index contributed by atoms with van der Waals surface area (Å²) < 4.78 is 19.7. The molecule has 0 radical (unpaired) electrons. The molecule has 0 spiro atoms. The van der Waals surface area contributed by atoms with Gasteiger partial charge in [0.15, 0.2) is 0 Å². The van der Waals surface area contributed by atoms with Crippen LogP contribution < -0.4 is 0 Å². The number of benzene rings is 1. The van der Waals surface area contributed by atoms with Gasteiger partial charge in [0.05, 0.1) is 6.10 Å². The van der Waals surface area contributed by atoms with Gasteiger partial charge < -0.3 is 9.64 Å². The number of likely N-dealkylation sites (tertiary alicyclic amines) is 1. The van der Waals surface area contributed by atoms with Crippen LogP contribution in [0.2, 0.25) is 0 Å². The van der Waals surface area contributed by atoms with Gasteiger partial charge in [-0.05, 0) is 56.8 Å². The summed E-state index contributed by atoms with van der Waals surface area (Å²) in [5.74, 6) is 0.300. The summed E-state index contributed by atoms with van der Waals surface area (Å²) in [4.78, 5) is 17.2. The number of H-pyrrole nitrogens is 1. The summed E-state index contributed by atoms with van der Waals surface area (Å²) in [6.45, 7) is 4.63. The van der Waals surface area contributed by atoms with Crippen LogP contribution in [0, 0.1) is 11.7 Å². The molecule has 1 N–H and O–H groups in total. The van der Waals surface area contributed by atoms with Gasteiger partial charge in [0.25, 0.3) is 5.91 Å². The maximum Gasteiger partial charge on any atom is 0.271 e. The van der Waals surface area contributed by atoms with Crippen LogP contribution in [0.1, 0.15) is 41.7 Å². The molecular weight excluding hydrogens is 371 g/mol. The summed E-state index contributed by atoms with van der Waals surface area (Å²) >= 11 is 0. The van der Waals surface area contributed by atoms with Gasteiger partial charge in [0.2, 0.25) is 0 Å². The second-order valence-electron chi connectivity index (χ2n) is 8.13. The van der Waals surface area contributed by atoms with Gasteiger partial charge in [0, 0.05) is 38.0 Å². The minimum Gasteiger partial charge on any atom is -0.376 e. The molecule has 1 aromatic heterocycles. The van der Waals surface area contributed by atoms with E-state index in [1.54, 1.807) is 18.3 Å². The van der Waals surface area contributed by atoms with Gasteiger partial charge in [0.1, 0.15) is 11.5 Å². The van der Waals surface area contributed by atoms with Crippen LogP contribution in [0.4, 0.5) is 4.39 Å². The van der Waals surface area contributed by atoms with E-state index in [4.69, 9.17) is 4.74 Å². The number of hydrogen-bond donors (Lipinski definition) is 1. The first kappa shape index (κ1) is 20.0. The van der Waals surface area contributed by atoms with Gasteiger partial charge in [-0.1, -0.05) is 18.2 Å². The number of rotatable bonds is 7. The van der Waals surface area contributed by atoms with Crippen LogP contribution in [0.25, 0.3) is 0 Å². The highest BCUT2D eigenvalue weighted by atomic mass is 19.1. The number of nitrogens with zero attached hydrogens (tertiary/aromatic N) is 3. The third-order valence-corrected chi connectivity index (χ3v) is 6.00. The highest BCUT2D eigenvalue weighted by molar-refractivity contribution is 5.92. The van der Waals surface area contributed by atoms with Crippen molar-refractivity contribution in [3.63, 3.8) is 0 Å². The first-order valence-electron chi connectivity index (χ1n) is 10.5. The van der Waals surface area contributed by atoms with E-state index in [-0.39, 0.29) is 17.8 Å². The molecule has 4 rings (SSSR count). The lowest BCUT2D eigenvalue weighted by Gasteiger charge is -2.35. The van der Waals surface area contributed by atoms with Gasteiger partial charge >= 0.3 is 0 Å². The van der Waals surface area contributed by atoms with Crippen molar-refractivity contribution in [2.45, 2.75) is 38.3 Å². The second-order valence-corrected chi connectivity index (χ2v) is 8.13. The molecule has 6 nitrogen and oxygen atoms in total. The average Bonchev–Trinajstić information content (AvgIpc) is 3.44. The third kappa shape index (κ3) is 5.22. The first-order chi connectivity index (χ1) is 14.2. The van der Waals surface area contributed by atoms with Gasteiger partial charge in [-0.15, -0.1) is 0 Å². The van der Waals surface area contributed by atoms with Crippen LogP contribution in [-0.2, 0) is 11.3 Å². The molecule has 2 aliphatic rings. The normalized spacial score (nSPS) is 20.8. The topological polar surface area (TPSA) is 61.5 Å². The molecule has 1 unspecified atom stereocenters. The zero-order valence-electron chi connectivity index (χ0n) is 16.7. The molecule has 2 aliphatic heterocycles. The predicted octanol–water partition coefficient (Wildman–Crippen LogP) is 3.08. The van der Waals surface area contributed by atoms with E-state index in [0.717, 1.165) is 57.5 Å². The number of amides is 1. The van der Waals surface area contributed by atoms with E-state index in [9.17, 15) is 9.18 Å². The largest absolute Gasteiger partial charge is 0.376 e. The smallest absolute Gasteiger partial charge is 0.271 e. The molecule has 2 aromatic rings. The summed E-state index contributed by atoms with van der Waals surface area (Å²) in [5, 5.41) is 6.71. The Balaban J connectivity index is 1.33. The molecule has 3 heterocycles. The van der Waals surface area contributed by atoms with Crippen molar-refractivity contribution in [3.05, 3.63) is 53.6 Å². The van der Waals surface area contributed by atoms with Gasteiger partial charge in [-0.3, -0.25) is 14.8 Å². The monoisotopic (exact) mass is 400 g/mol. The van der Waals surface area contributed by atoms with Crippen molar-refractivity contribution in [3.8, 4) is 0 Å². The number of aromatic amines is 1. The van der Waals surface area contributed by atoms with Crippen molar-refractivity contribution in [2.24, 2.45) is 5.92 Å². The summed E-state index contributed by atoms with van der Waals surface area (Å²) in [5.41, 5.74) is 1.28. The Bertz CT molecular complexity index is 784. The standard InChI is InChI=1S/C22H29FN4O2/c23-20-6-2-1-4-18(20)15-26-11-8-17(9-12-26)14-27(16-19-5-3-13-29-19)22(28)21-7-10-24-25-21/h1-2,4,6-7,10,17,19H,3,5,8-9,11-16H2,(H,24,25). The Morgan fingerprint density at radius 3 is 2.72 bits per heavy atom. The number of halogens is 1. The highest BCUT2D eigenvalue weighted by Crippen LogP contribution is 2.23. The summed E-state index contributed by atoms with van der Waals surface area (Å²) in [6, 6.07) is 8.71. The Morgan fingerprint density at radius 1 is 1.21 bits per heavy atom. The number of nitrogens with one attached hydrogen (secondary N) is 1. The van der Waals surface area contributed by atoms with Crippen molar-refractivity contribution in [2.75, 3.05) is 32.8 Å². The molecule has 0 saturated carbocycles. The number of piperidine rings is 1. The van der Waals surface area contributed by atoms with Crippen LogP contribution in [-0.4, -0.2) is 64.8 Å². The summed E-state index contributed by atoms with van der Waals surface area (Å²) in [6.07, 6.45) is 5.82. The Labute approximate surface area is 171 Å². The fourth-order valence-electron chi connectivity index (χ4n) is 4.33. The quantitative estimate of drug-likeness (QED) is 0.776. The lowest BCUT2D eigenvalue weighted by Crippen LogP contribution is -2.43. The van der Waals surface area contributed by atoms with E-state index < -0.39 is 0 Å². The van der Waals surface area contributed by atoms with Gasteiger partial charge in [-0.25, -0.2) is 4.39 Å². The molecule has 1 amide bonds. The molecular formula is C22H29FN4O2. The fraction of sp³-hybridized carbons (Fsp3) is 0.545. The van der Waals surface area contributed by atoms with Crippen molar-refractivity contribution in [1.82, 2.24) is 20.0 Å². The maximum absolute atomic E-state index is 13.9. The van der Waals surface area contributed by atoms with Crippen LogP contribution in [0.15, 0.2) is 36.5 Å². The highest BCUT2D eigenvalue weighted by Gasteiger charge is 2.28. The SMILES string of the molecule is O=C(c1ccn[nH]1)N(CC1CCN(Cc2ccccc2F)CC1)CC1CCCO1. The molecule has 29 heavy (non-hydrogen) atoms. The number of hydrogen-bond acceptors (Lipinski definition) is 4. The number of carbonyl (C=O) groups excluding carboxylic acids is 1. The van der Waals surface area contributed by atoms with Crippen molar-refractivity contribution >= 4 is 5.91 Å². The minimum absolute atomic E-state index is 0.00761. The molecule has 1 aromatic carbocycles. The summed E-state index contributed by atoms with van der Waals surface area (Å²) in [7, 11) is 0. The minimum atomic E-state index is -0.137. The molecule has 156 valence electrons. The predicted molar refractivity (Wildman–Crippen MR) is 108 cm³/mol. The molecule has 0 aliphatic carbocycles. The maximum atomic E-state index is 13.9. The second kappa shape index (κ2) is 9.50. The van der Waals surface area contributed by atoms with E-state index in [2.05, 4.69) is 15.1 Å². The average molecular weight is 400 g/mol. The lowest BCUT2D eigenvalue weighted by molar-refractivity contribution is 0.0440. The van der Waals surface area contributed by atoms with Crippen molar-refractivity contribution < 1.29 is 13.9 Å². The molecule has 7 heteroatoms.